The van der Waals surface area contributed by atoms with Crippen molar-refractivity contribution in [2.24, 2.45) is 0 Å². The van der Waals surface area contributed by atoms with Crippen LogP contribution in [-0.4, -0.2) is 25.7 Å². The summed E-state index contributed by atoms with van der Waals surface area (Å²) in [7, 11) is 0. The van der Waals surface area contributed by atoms with Crippen LogP contribution in [0.4, 0.5) is 5.69 Å². The van der Waals surface area contributed by atoms with Crippen LogP contribution >= 0.6 is 0 Å². The van der Waals surface area contributed by atoms with Crippen molar-refractivity contribution in [2.75, 3.05) is 25.1 Å². The van der Waals surface area contributed by atoms with Crippen LogP contribution in [0, 0.1) is 0 Å². The smallest absolute Gasteiger partial charge is 0.255 e. The van der Waals surface area contributed by atoms with Crippen molar-refractivity contribution in [1.82, 2.24) is 5.32 Å². The standard InChI is InChI=1S/C19H22N2O3/c1-2-20-13-15-6-3-4-7-16(15)21-19(22)14-8-9-17-18(12-14)24-11-5-10-23-17/h3-4,6-9,12,20H,2,5,10-11,13H2,1H3,(H,21,22). The van der Waals surface area contributed by atoms with E-state index in [4.69, 9.17) is 9.47 Å². The van der Waals surface area contributed by atoms with Crippen LogP contribution in [0.1, 0.15) is 29.3 Å². The number of carbonyl (C=O) groups excluding carboxylic acids is 1. The van der Waals surface area contributed by atoms with Crippen LogP contribution in [0.3, 0.4) is 0 Å². The Bertz CT molecular complexity index is 716. The monoisotopic (exact) mass is 326 g/mol. The first-order valence-electron chi connectivity index (χ1n) is 8.27. The summed E-state index contributed by atoms with van der Waals surface area (Å²) in [5, 5.41) is 6.26. The van der Waals surface area contributed by atoms with E-state index >= 15 is 0 Å². The van der Waals surface area contributed by atoms with E-state index in [1.54, 1.807) is 18.2 Å². The number of fused-ring (bicyclic) bond motifs is 1. The average molecular weight is 326 g/mol. The highest BCUT2D eigenvalue weighted by molar-refractivity contribution is 6.05. The molecule has 0 saturated heterocycles. The number of ether oxygens (including phenoxy) is 2. The van der Waals surface area contributed by atoms with Crippen molar-refractivity contribution in [2.45, 2.75) is 19.9 Å². The fourth-order valence-electron chi connectivity index (χ4n) is 2.56. The van der Waals surface area contributed by atoms with Crippen LogP contribution in [0.5, 0.6) is 11.5 Å². The number of nitrogens with one attached hydrogen (secondary N) is 2. The van der Waals surface area contributed by atoms with Gasteiger partial charge in [-0.3, -0.25) is 4.79 Å². The Labute approximate surface area is 142 Å². The molecule has 0 bridgehead atoms. The molecule has 0 unspecified atom stereocenters. The maximum atomic E-state index is 12.6. The van der Waals surface area contributed by atoms with Crippen LogP contribution in [-0.2, 0) is 6.54 Å². The molecule has 2 aromatic carbocycles. The lowest BCUT2D eigenvalue weighted by molar-refractivity contribution is 0.102. The molecule has 2 aromatic rings. The van der Waals surface area contributed by atoms with Gasteiger partial charge in [-0.25, -0.2) is 0 Å². The van der Waals surface area contributed by atoms with E-state index in [1.165, 1.54) is 0 Å². The zero-order chi connectivity index (χ0) is 16.8. The second-order valence-corrected chi connectivity index (χ2v) is 5.60. The third-order valence-corrected chi connectivity index (χ3v) is 3.84. The highest BCUT2D eigenvalue weighted by Crippen LogP contribution is 2.30. The molecular formula is C19H22N2O3. The molecule has 2 N–H and O–H groups in total. The summed E-state index contributed by atoms with van der Waals surface area (Å²) in [5.41, 5.74) is 2.43. The quantitative estimate of drug-likeness (QED) is 0.886. The van der Waals surface area contributed by atoms with Crippen LogP contribution in [0.15, 0.2) is 42.5 Å². The first kappa shape index (κ1) is 16.3. The second kappa shape index (κ2) is 7.84. The molecule has 1 aliphatic rings. The highest BCUT2D eigenvalue weighted by Gasteiger charge is 2.15. The Morgan fingerprint density at radius 3 is 2.71 bits per heavy atom. The molecular weight excluding hydrogens is 304 g/mol. The lowest BCUT2D eigenvalue weighted by Crippen LogP contribution is -2.17. The zero-order valence-corrected chi connectivity index (χ0v) is 13.8. The summed E-state index contributed by atoms with van der Waals surface area (Å²) in [6, 6.07) is 13.1. The SMILES string of the molecule is CCNCc1ccccc1NC(=O)c1ccc2c(c1)OCCCO2. The van der Waals surface area contributed by atoms with Crippen molar-refractivity contribution < 1.29 is 14.3 Å². The Morgan fingerprint density at radius 2 is 1.88 bits per heavy atom. The maximum Gasteiger partial charge on any atom is 0.255 e. The van der Waals surface area contributed by atoms with E-state index in [0.717, 1.165) is 24.2 Å². The molecule has 5 nitrogen and oxygen atoms in total. The van der Waals surface area contributed by atoms with Gasteiger partial charge in [-0.15, -0.1) is 0 Å². The molecule has 1 heterocycles. The zero-order valence-electron chi connectivity index (χ0n) is 13.8. The molecule has 0 atom stereocenters. The van der Waals surface area contributed by atoms with E-state index in [0.29, 0.717) is 36.8 Å². The maximum absolute atomic E-state index is 12.6. The molecule has 5 heteroatoms. The minimum atomic E-state index is -0.158. The van der Waals surface area contributed by atoms with Crippen LogP contribution in [0.2, 0.25) is 0 Å². The van der Waals surface area contributed by atoms with Crippen LogP contribution < -0.4 is 20.1 Å². The predicted octanol–water partition coefficient (Wildman–Crippen LogP) is 3.21. The fourth-order valence-corrected chi connectivity index (χ4v) is 2.56. The molecule has 0 aromatic heterocycles. The van der Waals surface area contributed by atoms with Gasteiger partial charge >= 0.3 is 0 Å². The summed E-state index contributed by atoms with van der Waals surface area (Å²) < 4.78 is 11.3. The van der Waals surface area contributed by atoms with Crippen molar-refractivity contribution >= 4 is 11.6 Å². The lowest BCUT2D eigenvalue weighted by Gasteiger charge is -2.13. The van der Waals surface area contributed by atoms with Crippen molar-refractivity contribution in [1.29, 1.82) is 0 Å². The van der Waals surface area contributed by atoms with E-state index in [9.17, 15) is 4.79 Å². The first-order valence-corrected chi connectivity index (χ1v) is 8.27. The molecule has 0 saturated carbocycles. The van der Waals surface area contributed by atoms with Gasteiger partial charge in [-0.1, -0.05) is 25.1 Å². The molecule has 1 amide bonds. The molecule has 0 fully saturated rings. The van der Waals surface area contributed by atoms with Gasteiger partial charge in [0.05, 0.1) is 13.2 Å². The summed E-state index contributed by atoms with van der Waals surface area (Å²) in [6.07, 6.45) is 0.841. The van der Waals surface area contributed by atoms with Crippen molar-refractivity contribution in [3.8, 4) is 11.5 Å². The number of hydrogen-bond donors (Lipinski definition) is 2. The van der Waals surface area contributed by atoms with Crippen molar-refractivity contribution in [3.05, 3.63) is 53.6 Å². The Hall–Kier alpha value is -2.53. The van der Waals surface area contributed by atoms with Gasteiger partial charge in [0, 0.05) is 24.2 Å². The van der Waals surface area contributed by atoms with Gasteiger partial charge in [0.1, 0.15) is 0 Å². The number of anilines is 1. The van der Waals surface area contributed by atoms with Gasteiger partial charge in [0.25, 0.3) is 5.91 Å². The summed E-state index contributed by atoms with van der Waals surface area (Å²) in [6.45, 7) is 4.89. The van der Waals surface area contributed by atoms with Gasteiger partial charge in [-0.05, 0) is 36.4 Å². The van der Waals surface area contributed by atoms with Gasteiger partial charge in [-0.2, -0.15) is 0 Å². The molecule has 3 rings (SSSR count). The van der Waals surface area contributed by atoms with E-state index in [1.807, 2.05) is 24.3 Å². The number of rotatable bonds is 5. The molecule has 0 radical (unpaired) electrons. The number of para-hydroxylation sites is 1. The third kappa shape index (κ3) is 3.86. The summed E-state index contributed by atoms with van der Waals surface area (Å²) in [5.74, 6) is 1.16. The topological polar surface area (TPSA) is 59.6 Å². The Balaban J connectivity index is 1.77. The summed E-state index contributed by atoms with van der Waals surface area (Å²) in [4.78, 5) is 12.6. The Morgan fingerprint density at radius 1 is 1.08 bits per heavy atom. The first-order chi connectivity index (χ1) is 11.8. The van der Waals surface area contributed by atoms with Gasteiger partial charge in [0.2, 0.25) is 0 Å². The van der Waals surface area contributed by atoms with Crippen LogP contribution in [0.25, 0.3) is 0 Å². The number of carbonyl (C=O) groups is 1. The highest BCUT2D eigenvalue weighted by atomic mass is 16.5. The fraction of sp³-hybridized carbons (Fsp3) is 0.316. The molecule has 126 valence electrons. The second-order valence-electron chi connectivity index (χ2n) is 5.60. The molecule has 0 spiro atoms. The van der Waals surface area contributed by atoms with Gasteiger partial charge in [0.15, 0.2) is 11.5 Å². The lowest BCUT2D eigenvalue weighted by atomic mass is 10.1. The average Bonchev–Trinajstić information content (AvgIpc) is 2.85. The number of hydrogen-bond acceptors (Lipinski definition) is 4. The van der Waals surface area contributed by atoms with Gasteiger partial charge < -0.3 is 20.1 Å². The minimum absolute atomic E-state index is 0.158. The number of benzene rings is 2. The third-order valence-electron chi connectivity index (χ3n) is 3.84. The normalized spacial score (nSPS) is 13.2. The molecule has 24 heavy (non-hydrogen) atoms. The minimum Gasteiger partial charge on any atom is -0.490 e. The molecule has 1 aliphatic heterocycles. The Kier molecular flexibility index (Phi) is 5.33. The largest absolute Gasteiger partial charge is 0.490 e. The molecule has 0 aliphatic carbocycles. The van der Waals surface area contributed by atoms with E-state index in [2.05, 4.69) is 17.6 Å². The van der Waals surface area contributed by atoms with E-state index < -0.39 is 0 Å². The summed E-state index contributed by atoms with van der Waals surface area (Å²) >= 11 is 0. The number of amides is 1. The van der Waals surface area contributed by atoms with E-state index in [-0.39, 0.29) is 5.91 Å². The van der Waals surface area contributed by atoms with Crippen molar-refractivity contribution in [3.63, 3.8) is 0 Å². The predicted molar refractivity (Wildman–Crippen MR) is 93.8 cm³/mol.